The Morgan fingerprint density at radius 2 is 1.45 bits per heavy atom. The molecule has 156 valence electrons. The molecule has 0 atom stereocenters. The van der Waals surface area contributed by atoms with E-state index in [2.05, 4.69) is 5.32 Å². The van der Waals surface area contributed by atoms with Gasteiger partial charge in [-0.05, 0) is 48.0 Å². The van der Waals surface area contributed by atoms with Crippen LogP contribution in [0.25, 0.3) is 0 Å². The van der Waals surface area contributed by atoms with Crippen molar-refractivity contribution in [2.45, 2.75) is 12.7 Å². The Balaban J connectivity index is 1.45. The molecule has 3 amide bonds. The maximum atomic E-state index is 12.8. The largest absolute Gasteiger partial charge is 0.416 e. The van der Waals surface area contributed by atoms with Crippen LogP contribution in [0, 0.1) is 0 Å². The molecule has 4 rings (SSSR count). The van der Waals surface area contributed by atoms with Gasteiger partial charge >= 0.3 is 6.18 Å². The monoisotopic (exact) mass is 424 g/mol. The number of rotatable bonds is 4. The van der Waals surface area contributed by atoms with E-state index in [1.807, 2.05) is 0 Å². The molecule has 1 N–H and O–H groups in total. The third kappa shape index (κ3) is 4.05. The number of halogens is 3. The van der Waals surface area contributed by atoms with Crippen LogP contribution in [-0.2, 0) is 12.7 Å². The summed E-state index contributed by atoms with van der Waals surface area (Å²) >= 11 is 0. The zero-order valence-electron chi connectivity index (χ0n) is 15.9. The van der Waals surface area contributed by atoms with Crippen molar-refractivity contribution in [2.24, 2.45) is 0 Å². The van der Waals surface area contributed by atoms with Crippen molar-refractivity contribution in [3.8, 4) is 0 Å². The van der Waals surface area contributed by atoms with Crippen molar-refractivity contribution in [1.82, 2.24) is 4.90 Å². The lowest BCUT2D eigenvalue weighted by molar-refractivity contribution is -0.137. The van der Waals surface area contributed by atoms with E-state index in [0.717, 1.165) is 17.0 Å². The molecule has 0 saturated carbocycles. The van der Waals surface area contributed by atoms with Gasteiger partial charge in [-0.2, -0.15) is 13.2 Å². The first kappa shape index (κ1) is 20.3. The fourth-order valence-electron chi connectivity index (χ4n) is 3.30. The van der Waals surface area contributed by atoms with E-state index in [1.54, 1.807) is 36.4 Å². The van der Waals surface area contributed by atoms with Gasteiger partial charge < -0.3 is 5.32 Å². The summed E-state index contributed by atoms with van der Waals surface area (Å²) in [5.74, 6) is -1.34. The van der Waals surface area contributed by atoms with Crippen LogP contribution in [0.2, 0.25) is 0 Å². The van der Waals surface area contributed by atoms with E-state index >= 15 is 0 Å². The number of amides is 3. The SMILES string of the molecule is O=C(Nc1cccc(C(F)(F)F)c1)c1ccc(CN2C(=O)c3ccccc3C2=O)cc1. The average Bonchev–Trinajstić information content (AvgIpc) is 2.99. The van der Waals surface area contributed by atoms with E-state index in [-0.39, 0.29) is 29.6 Å². The maximum Gasteiger partial charge on any atom is 0.416 e. The number of hydrogen-bond donors (Lipinski definition) is 1. The summed E-state index contributed by atoms with van der Waals surface area (Å²) < 4.78 is 38.5. The molecule has 0 saturated heterocycles. The Morgan fingerprint density at radius 1 is 0.839 bits per heavy atom. The number of benzene rings is 3. The van der Waals surface area contributed by atoms with Crippen molar-refractivity contribution in [2.75, 3.05) is 5.32 Å². The summed E-state index contributed by atoms with van der Waals surface area (Å²) in [7, 11) is 0. The molecule has 1 heterocycles. The van der Waals surface area contributed by atoms with Gasteiger partial charge in [0, 0.05) is 11.3 Å². The molecule has 0 aromatic heterocycles. The summed E-state index contributed by atoms with van der Waals surface area (Å²) in [5, 5.41) is 2.43. The minimum atomic E-state index is -4.51. The van der Waals surface area contributed by atoms with Crippen molar-refractivity contribution < 1.29 is 27.6 Å². The predicted octanol–water partition coefficient (Wildman–Crippen LogP) is 4.75. The number of fused-ring (bicyclic) bond motifs is 1. The number of hydrogen-bond acceptors (Lipinski definition) is 3. The molecule has 0 fully saturated rings. The smallest absolute Gasteiger partial charge is 0.322 e. The van der Waals surface area contributed by atoms with E-state index in [9.17, 15) is 27.6 Å². The molecule has 8 heteroatoms. The summed E-state index contributed by atoms with van der Waals surface area (Å²) in [4.78, 5) is 38.4. The van der Waals surface area contributed by atoms with Crippen LogP contribution in [-0.4, -0.2) is 22.6 Å². The van der Waals surface area contributed by atoms with Crippen LogP contribution in [0.5, 0.6) is 0 Å². The highest BCUT2D eigenvalue weighted by Gasteiger charge is 2.35. The third-order valence-electron chi connectivity index (χ3n) is 4.88. The summed E-state index contributed by atoms with van der Waals surface area (Å²) in [6, 6.07) is 17.1. The molecular weight excluding hydrogens is 409 g/mol. The Labute approximate surface area is 175 Å². The lowest BCUT2D eigenvalue weighted by Gasteiger charge is -2.14. The van der Waals surface area contributed by atoms with Gasteiger partial charge in [0.1, 0.15) is 0 Å². The van der Waals surface area contributed by atoms with Gasteiger partial charge in [-0.15, -0.1) is 0 Å². The minimum Gasteiger partial charge on any atom is -0.322 e. The Kier molecular flexibility index (Phi) is 5.06. The molecule has 31 heavy (non-hydrogen) atoms. The zero-order chi connectivity index (χ0) is 22.2. The number of imide groups is 1. The number of carbonyl (C=O) groups excluding carboxylic acids is 3. The van der Waals surface area contributed by atoms with Crippen molar-refractivity contribution in [3.05, 3.63) is 101 Å². The first-order valence-electron chi connectivity index (χ1n) is 9.27. The minimum absolute atomic E-state index is 0.0231. The van der Waals surface area contributed by atoms with E-state index < -0.39 is 17.6 Å². The Morgan fingerprint density at radius 3 is 2.03 bits per heavy atom. The molecule has 3 aromatic rings. The number of nitrogens with zero attached hydrogens (tertiary/aromatic N) is 1. The highest BCUT2D eigenvalue weighted by atomic mass is 19.4. The summed E-state index contributed by atoms with van der Waals surface area (Å²) in [6.07, 6.45) is -4.51. The fraction of sp³-hybridized carbons (Fsp3) is 0.0870. The van der Waals surface area contributed by atoms with E-state index in [4.69, 9.17) is 0 Å². The third-order valence-corrected chi connectivity index (χ3v) is 4.88. The molecule has 0 spiro atoms. The van der Waals surface area contributed by atoms with Gasteiger partial charge in [0.15, 0.2) is 0 Å². The van der Waals surface area contributed by atoms with Gasteiger partial charge in [-0.25, -0.2) is 0 Å². The lowest BCUT2D eigenvalue weighted by atomic mass is 10.1. The predicted molar refractivity (Wildman–Crippen MR) is 106 cm³/mol. The molecule has 0 radical (unpaired) electrons. The topological polar surface area (TPSA) is 66.5 Å². The van der Waals surface area contributed by atoms with Crippen molar-refractivity contribution in [3.63, 3.8) is 0 Å². The fourth-order valence-corrected chi connectivity index (χ4v) is 3.30. The van der Waals surface area contributed by atoms with Gasteiger partial charge in [0.25, 0.3) is 17.7 Å². The quantitative estimate of drug-likeness (QED) is 0.615. The van der Waals surface area contributed by atoms with Crippen molar-refractivity contribution in [1.29, 1.82) is 0 Å². The van der Waals surface area contributed by atoms with Crippen LogP contribution in [0.15, 0.2) is 72.8 Å². The lowest BCUT2D eigenvalue weighted by Crippen LogP contribution is -2.29. The second-order valence-electron chi connectivity index (χ2n) is 6.97. The molecule has 0 aliphatic carbocycles. The average molecular weight is 424 g/mol. The molecule has 0 bridgehead atoms. The maximum absolute atomic E-state index is 12.8. The van der Waals surface area contributed by atoms with Crippen LogP contribution in [0.3, 0.4) is 0 Å². The van der Waals surface area contributed by atoms with Gasteiger partial charge in [-0.1, -0.05) is 30.3 Å². The molecule has 5 nitrogen and oxygen atoms in total. The van der Waals surface area contributed by atoms with E-state index in [1.165, 1.54) is 24.3 Å². The standard InChI is InChI=1S/C23H15F3N2O3/c24-23(25,26)16-4-3-5-17(12-16)27-20(29)15-10-8-14(9-11-15)13-28-21(30)18-6-1-2-7-19(18)22(28)31/h1-12H,13H2,(H,27,29). The first-order valence-corrected chi connectivity index (χ1v) is 9.27. The van der Waals surface area contributed by atoms with Crippen LogP contribution >= 0.6 is 0 Å². The van der Waals surface area contributed by atoms with Crippen LogP contribution in [0.4, 0.5) is 18.9 Å². The number of anilines is 1. The highest BCUT2D eigenvalue weighted by molar-refractivity contribution is 6.21. The van der Waals surface area contributed by atoms with Gasteiger partial charge in [0.2, 0.25) is 0 Å². The molecular formula is C23H15F3N2O3. The number of nitrogens with one attached hydrogen (secondary N) is 1. The molecule has 1 aliphatic heterocycles. The molecule has 3 aromatic carbocycles. The van der Waals surface area contributed by atoms with E-state index in [0.29, 0.717) is 16.7 Å². The highest BCUT2D eigenvalue weighted by Crippen LogP contribution is 2.31. The van der Waals surface area contributed by atoms with Gasteiger partial charge in [-0.3, -0.25) is 19.3 Å². The van der Waals surface area contributed by atoms with Crippen LogP contribution in [0.1, 0.15) is 42.2 Å². The zero-order valence-corrected chi connectivity index (χ0v) is 15.9. The number of carbonyl (C=O) groups is 3. The molecule has 1 aliphatic rings. The Hall–Kier alpha value is -3.94. The molecule has 0 unspecified atom stereocenters. The summed E-state index contributed by atoms with van der Waals surface area (Å²) in [6.45, 7) is 0.0435. The number of alkyl halides is 3. The normalized spacial score (nSPS) is 13.3. The van der Waals surface area contributed by atoms with Gasteiger partial charge in [0.05, 0.1) is 23.2 Å². The Bertz CT molecular complexity index is 1150. The second kappa shape index (κ2) is 7.71. The summed E-state index contributed by atoms with van der Waals surface area (Å²) in [5.41, 5.74) is 0.722. The van der Waals surface area contributed by atoms with Crippen LogP contribution < -0.4 is 5.32 Å². The second-order valence-corrected chi connectivity index (χ2v) is 6.97. The first-order chi connectivity index (χ1) is 14.7. The van der Waals surface area contributed by atoms with Crippen molar-refractivity contribution >= 4 is 23.4 Å².